The third-order valence-corrected chi connectivity index (χ3v) is 10.4. The molecular formula is C37H36ClN7O3. The largest absolute Gasteiger partial charge is 0.435 e. The first-order valence-electron chi connectivity index (χ1n) is 16.3. The number of nitriles is 1. The number of fused-ring (bicyclic) bond motifs is 2. The second-order valence-electron chi connectivity index (χ2n) is 13.4. The Balaban J connectivity index is 1.07. The molecule has 2 aromatic heterocycles. The van der Waals surface area contributed by atoms with Gasteiger partial charge in [-0.1, -0.05) is 35.9 Å². The first-order chi connectivity index (χ1) is 23.2. The smallest absolute Gasteiger partial charge is 0.291 e. The quantitative estimate of drug-likeness (QED) is 0.225. The molecule has 0 radical (unpaired) electrons. The van der Waals surface area contributed by atoms with Gasteiger partial charge in [-0.25, -0.2) is 9.97 Å². The van der Waals surface area contributed by atoms with E-state index in [0.29, 0.717) is 39.1 Å². The van der Waals surface area contributed by atoms with E-state index in [9.17, 15) is 10.1 Å². The molecule has 10 nitrogen and oxygen atoms in total. The number of carbonyl (C=O) groups is 1. The molecule has 0 atom stereocenters. The zero-order valence-corrected chi connectivity index (χ0v) is 28.0. The lowest BCUT2D eigenvalue weighted by Gasteiger charge is -2.47. The summed E-state index contributed by atoms with van der Waals surface area (Å²) in [6.07, 6.45) is 3.09. The van der Waals surface area contributed by atoms with Crippen molar-refractivity contribution in [1.82, 2.24) is 24.3 Å². The van der Waals surface area contributed by atoms with E-state index < -0.39 is 0 Å². The van der Waals surface area contributed by atoms with Crippen LogP contribution in [0.4, 0.5) is 5.69 Å². The number of ether oxygens (including phenoxy) is 1. The van der Waals surface area contributed by atoms with Gasteiger partial charge in [0, 0.05) is 69.6 Å². The van der Waals surface area contributed by atoms with E-state index in [4.69, 9.17) is 25.7 Å². The third-order valence-electron chi connectivity index (χ3n) is 10.0. The van der Waals surface area contributed by atoms with Gasteiger partial charge in [0.25, 0.3) is 5.91 Å². The van der Waals surface area contributed by atoms with Gasteiger partial charge in [0.1, 0.15) is 11.6 Å². The van der Waals surface area contributed by atoms with Crippen molar-refractivity contribution in [2.24, 2.45) is 7.05 Å². The van der Waals surface area contributed by atoms with E-state index in [0.717, 1.165) is 97.8 Å². The fourth-order valence-electron chi connectivity index (χ4n) is 7.56. The first-order valence-corrected chi connectivity index (χ1v) is 16.7. The average molecular weight is 662 g/mol. The lowest BCUT2D eigenvalue weighted by atomic mass is 9.90. The van der Waals surface area contributed by atoms with Crippen LogP contribution in [0.1, 0.15) is 51.5 Å². The van der Waals surface area contributed by atoms with Gasteiger partial charge in [0.15, 0.2) is 11.4 Å². The molecule has 1 spiro atoms. The monoisotopic (exact) mass is 661 g/mol. The summed E-state index contributed by atoms with van der Waals surface area (Å²) in [7, 11) is 3.94. The summed E-state index contributed by atoms with van der Waals surface area (Å²) in [6.45, 7) is 7.06. The number of aromatic nitrogens is 3. The van der Waals surface area contributed by atoms with Gasteiger partial charge in [0.05, 0.1) is 27.6 Å². The fourth-order valence-corrected chi connectivity index (χ4v) is 7.83. The Hall–Kier alpha value is -4.53. The molecule has 1 amide bonds. The number of nitrogens with one attached hydrogen (secondary N) is 1. The van der Waals surface area contributed by atoms with Crippen molar-refractivity contribution in [2.75, 3.05) is 38.6 Å². The van der Waals surface area contributed by atoms with E-state index >= 15 is 0 Å². The van der Waals surface area contributed by atoms with Crippen molar-refractivity contribution in [2.45, 2.75) is 44.9 Å². The molecule has 11 heteroatoms. The highest BCUT2D eigenvalue weighted by atomic mass is 35.5. The number of halogens is 1. The molecule has 5 aromatic rings. The van der Waals surface area contributed by atoms with Crippen molar-refractivity contribution >= 4 is 34.3 Å². The van der Waals surface area contributed by atoms with Gasteiger partial charge in [0.2, 0.25) is 5.89 Å². The summed E-state index contributed by atoms with van der Waals surface area (Å²) >= 11 is 6.99. The van der Waals surface area contributed by atoms with Crippen molar-refractivity contribution < 1.29 is 13.9 Å². The number of likely N-dealkylation sites (N-methyl/N-ethyl adjacent to an activating group) is 1. The SMILES string of the molecule is Cc1c(-c2nc3cc(CN4CC5(CCCO5)C4)cc(C#N)c3o2)cccc1-c1cccc(NC(=O)c2nc3c(n2C)CCN(C)C3)c1Cl. The third kappa shape index (κ3) is 5.28. The van der Waals surface area contributed by atoms with Crippen LogP contribution in [-0.4, -0.2) is 69.1 Å². The van der Waals surface area contributed by atoms with Crippen molar-refractivity contribution in [3.05, 3.63) is 87.5 Å². The highest BCUT2D eigenvalue weighted by molar-refractivity contribution is 6.36. The maximum Gasteiger partial charge on any atom is 0.291 e. The van der Waals surface area contributed by atoms with Crippen LogP contribution in [0.5, 0.6) is 0 Å². The Labute approximate surface area is 283 Å². The molecule has 8 rings (SSSR count). The van der Waals surface area contributed by atoms with Crippen LogP contribution >= 0.6 is 11.6 Å². The molecule has 2 saturated heterocycles. The van der Waals surface area contributed by atoms with E-state index in [1.807, 2.05) is 61.0 Å². The van der Waals surface area contributed by atoms with Crippen LogP contribution in [0.2, 0.25) is 5.02 Å². The van der Waals surface area contributed by atoms with Crippen molar-refractivity contribution in [3.63, 3.8) is 0 Å². The van der Waals surface area contributed by atoms with Gasteiger partial charge in [-0.2, -0.15) is 5.26 Å². The fraction of sp³-hybridized carbons (Fsp3) is 0.351. The standard InChI is InChI=1S/C37H36ClN7O3/c1-22-25(27-9-5-10-28(32(27)38)41-35(46)34-40-30-19-43(2)13-11-31(30)44(34)3)7-4-8-26(22)36-42-29-16-23(15-24(17-39)33(29)48-36)18-45-20-37(21-45)12-6-14-47-37/h4-5,7-10,15-16H,6,11-14,18-21H2,1-3H3,(H,41,46). The first kappa shape index (κ1) is 30.8. The van der Waals surface area contributed by atoms with Crippen LogP contribution in [0, 0.1) is 18.3 Å². The van der Waals surface area contributed by atoms with E-state index in [1.54, 1.807) is 6.07 Å². The number of rotatable bonds is 6. The van der Waals surface area contributed by atoms with E-state index in [1.165, 1.54) is 0 Å². The minimum atomic E-state index is -0.307. The topological polar surface area (TPSA) is 112 Å². The second-order valence-corrected chi connectivity index (χ2v) is 13.8. The van der Waals surface area contributed by atoms with Crippen LogP contribution < -0.4 is 5.32 Å². The van der Waals surface area contributed by atoms with E-state index in [2.05, 4.69) is 33.2 Å². The molecule has 5 heterocycles. The van der Waals surface area contributed by atoms with Crippen LogP contribution in [0.3, 0.4) is 0 Å². The van der Waals surface area contributed by atoms with Crippen LogP contribution in [0.15, 0.2) is 52.9 Å². The normalized spacial score (nSPS) is 17.4. The summed E-state index contributed by atoms with van der Waals surface area (Å²) in [4.78, 5) is 27.5. The Morgan fingerprint density at radius 3 is 2.69 bits per heavy atom. The number of likely N-dealkylation sites (tertiary alicyclic amines) is 1. The molecule has 48 heavy (non-hydrogen) atoms. The molecule has 244 valence electrons. The number of imidazole rings is 1. The molecule has 1 N–H and O–H groups in total. The summed E-state index contributed by atoms with van der Waals surface area (Å²) in [6, 6.07) is 17.7. The number of anilines is 1. The number of benzene rings is 3. The number of hydrogen-bond acceptors (Lipinski definition) is 8. The molecule has 3 aliphatic rings. The number of carbonyl (C=O) groups excluding carboxylic acids is 1. The van der Waals surface area contributed by atoms with Gasteiger partial charge in [-0.3, -0.25) is 9.69 Å². The lowest BCUT2D eigenvalue weighted by molar-refractivity contribution is -0.114. The Morgan fingerprint density at radius 2 is 1.90 bits per heavy atom. The maximum atomic E-state index is 13.4. The Bertz CT molecular complexity index is 2130. The Morgan fingerprint density at radius 1 is 1.10 bits per heavy atom. The lowest BCUT2D eigenvalue weighted by Crippen LogP contribution is -2.60. The van der Waals surface area contributed by atoms with Gasteiger partial charge in [-0.05, 0) is 67.8 Å². The minimum absolute atomic E-state index is 0.0235. The molecule has 0 aliphatic carbocycles. The number of oxazole rings is 1. The van der Waals surface area contributed by atoms with Gasteiger partial charge < -0.3 is 23.9 Å². The molecule has 0 saturated carbocycles. The van der Waals surface area contributed by atoms with E-state index in [-0.39, 0.29) is 11.5 Å². The number of amides is 1. The number of hydrogen-bond donors (Lipinski definition) is 1. The molecule has 2 fully saturated rings. The van der Waals surface area contributed by atoms with Crippen LogP contribution in [-0.2, 0) is 31.3 Å². The molecule has 3 aliphatic heterocycles. The molecule has 0 bridgehead atoms. The predicted molar refractivity (Wildman–Crippen MR) is 184 cm³/mol. The zero-order valence-electron chi connectivity index (χ0n) is 27.3. The summed E-state index contributed by atoms with van der Waals surface area (Å²) < 4.78 is 14.1. The second kappa shape index (κ2) is 11.9. The molecule has 3 aromatic carbocycles. The van der Waals surface area contributed by atoms with Crippen LogP contribution in [0.25, 0.3) is 33.7 Å². The molecule has 0 unspecified atom stereocenters. The van der Waals surface area contributed by atoms with Crippen molar-refractivity contribution in [3.8, 4) is 28.7 Å². The minimum Gasteiger partial charge on any atom is -0.435 e. The molecular weight excluding hydrogens is 626 g/mol. The predicted octanol–water partition coefficient (Wildman–Crippen LogP) is 6.33. The summed E-state index contributed by atoms with van der Waals surface area (Å²) in [5, 5.41) is 13.4. The van der Waals surface area contributed by atoms with Crippen molar-refractivity contribution in [1.29, 1.82) is 5.26 Å². The Kier molecular flexibility index (Phi) is 7.61. The summed E-state index contributed by atoms with van der Waals surface area (Å²) in [5.41, 5.74) is 8.54. The average Bonchev–Trinajstić information content (AvgIpc) is 3.79. The zero-order chi connectivity index (χ0) is 33.2. The maximum absolute atomic E-state index is 13.4. The van der Waals surface area contributed by atoms with Gasteiger partial charge in [-0.15, -0.1) is 0 Å². The summed E-state index contributed by atoms with van der Waals surface area (Å²) in [5.74, 6) is 0.492. The number of nitrogens with zero attached hydrogens (tertiary/aromatic N) is 6. The highest BCUT2D eigenvalue weighted by Crippen LogP contribution is 2.40. The van der Waals surface area contributed by atoms with Gasteiger partial charge >= 0.3 is 0 Å². The highest BCUT2D eigenvalue weighted by Gasteiger charge is 2.46.